The first kappa shape index (κ1) is 13.8. The van der Waals surface area contributed by atoms with Gasteiger partial charge in [-0.25, -0.2) is 4.39 Å². The summed E-state index contributed by atoms with van der Waals surface area (Å²) in [6.45, 7) is 0. The number of hydrogen-bond donors (Lipinski definition) is 2. The molecule has 1 aliphatic carbocycles. The summed E-state index contributed by atoms with van der Waals surface area (Å²) in [5.74, 6) is -2.04. The molecule has 1 heterocycles. The van der Waals surface area contributed by atoms with Gasteiger partial charge in [0, 0.05) is 10.7 Å². The molecule has 1 aromatic carbocycles. The molecular weight excluding hydrogens is 293 g/mol. The maximum atomic E-state index is 13.1. The molecule has 2 aromatic rings. The Balaban J connectivity index is 1.73. The second-order valence-electron chi connectivity index (χ2n) is 4.94. The molecular formula is C15H12FNO3S. The van der Waals surface area contributed by atoms with Crippen molar-refractivity contribution < 1.29 is 19.1 Å². The average molecular weight is 305 g/mol. The van der Waals surface area contributed by atoms with Crippen molar-refractivity contribution in [3.05, 3.63) is 47.1 Å². The molecule has 6 heteroatoms. The Labute approximate surface area is 123 Å². The second-order valence-corrected chi connectivity index (χ2v) is 6.02. The second kappa shape index (κ2) is 5.29. The normalized spacial score (nSPS) is 20.8. The van der Waals surface area contributed by atoms with Crippen LogP contribution in [0, 0.1) is 11.7 Å². The molecule has 3 rings (SSSR count). The van der Waals surface area contributed by atoms with Gasteiger partial charge in [-0.1, -0.05) is 12.2 Å². The van der Waals surface area contributed by atoms with Crippen LogP contribution in [0.1, 0.15) is 16.1 Å². The number of fused-ring (bicyclic) bond motifs is 1. The summed E-state index contributed by atoms with van der Waals surface area (Å²) in [5.41, 5.74) is 0. The van der Waals surface area contributed by atoms with Gasteiger partial charge in [-0.05, 0) is 36.1 Å². The molecule has 2 atom stereocenters. The third kappa shape index (κ3) is 2.80. The summed E-state index contributed by atoms with van der Waals surface area (Å²) in [5, 5.41) is 12.4. The van der Waals surface area contributed by atoms with Gasteiger partial charge >= 0.3 is 5.97 Å². The van der Waals surface area contributed by atoms with E-state index >= 15 is 0 Å². The summed E-state index contributed by atoms with van der Waals surface area (Å²) >= 11 is 1.29. The lowest BCUT2D eigenvalue weighted by atomic mass is 10.1. The number of thiophene rings is 1. The van der Waals surface area contributed by atoms with Crippen LogP contribution in [0.5, 0.6) is 0 Å². The van der Waals surface area contributed by atoms with E-state index in [4.69, 9.17) is 5.11 Å². The summed E-state index contributed by atoms with van der Waals surface area (Å²) < 4.78 is 14.0. The van der Waals surface area contributed by atoms with Crippen LogP contribution in [0.25, 0.3) is 10.1 Å². The van der Waals surface area contributed by atoms with Crippen LogP contribution in [0.2, 0.25) is 0 Å². The maximum Gasteiger partial charge on any atom is 0.310 e. The van der Waals surface area contributed by atoms with E-state index in [2.05, 4.69) is 5.32 Å². The van der Waals surface area contributed by atoms with Crippen LogP contribution in [0.15, 0.2) is 36.4 Å². The molecule has 0 spiro atoms. The minimum Gasteiger partial charge on any atom is -0.481 e. The van der Waals surface area contributed by atoms with E-state index in [0.29, 0.717) is 16.7 Å². The monoisotopic (exact) mass is 305 g/mol. The number of carboxylic acid groups (broad SMARTS) is 1. The van der Waals surface area contributed by atoms with Crippen LogP contribution in [-0.4, -0.2) is 23.0 Å². The molecule has 0 bridgehead atoms. The standard InChI is InChI=1S/C15H12FNO3S/c16-10-2-4-12-9(5-10)7-13(21-12)14(18)17-11-3-1-8(6-11)15(19)20/h1-5,7-8,11H,6H2,(H,17,18)(H,19,20). The molecule has 0 radical (unpaired) electrons. The van der Waals surface area contributed by atoms with E-state index in [1.165, 1.54) is 23.5 Å². The molecule has 108 valence electrons. The fourth-order valence-corrected chi connectivity index (χ4v) is 3.30. The van der Waals surface area contributed by atoms with Crippen LogP contribution in [0.3, 0.4) is 0 Å². The van der Waals surface area contributed by atoms with E-state index in [1.807, 2.05) is 0 Å². The van der Waals surface area contributed by atoms with Gasteiger partial charge in [-0.3, -0.25) is 9.59 Å². The lowest BCUT2D eigenvalue weighted by Gasteiger charge is -2.10. The quantitative estimate of drug-likeness (QED) is 0.857. The van der Waals surface area contributed by atoms with Crippen molar-refractivity contribution in [2.75, 3.05) is 0 Å². The zero-order valence-electron chi connectivity index (χ0n) is 10.9. The highest BCUT2D eigenvalue weighted by atomic mass is 32.1. The number of hydrogen-bond acceptors (Lipinski definition) is 3. The summed E-state index contributed by atoms with van der Waals surface area (Å²) in [6, 6.07) is 5.75. The van der Waals surface area contributed by atoms with Crippen molar-refractivity contribution in [1.29, 1.82) is 0 Å². The number of nitrogens with one attached hydrogen (secondary N) is 1. The first-order valence-corrected chi connectivity index (χ1v) is 7.25. The molecule has 4 nitrogen and oxygen atoms in total. The fourth-order valence-electron chi connectivity index (χ4n) is 2.35. The van der Waals surface area contributed by atoms with Gasteiger partial charge in [0.1, 0.15) is 5.82 Å². The Bertz CT molecular complexity index is 752. The highest BCUT2D eigenvalue weighted by Gasteiger charge is 2.26. The molecule has 1 aliphatic rings. The predicted octanol–water partition coefficient (Wildman–Crippen LogP) is 2.80. The Morgan fingerprint density at radius 1 is 1.29 bits per heavy atom. The number of amides is 1. The Morgan fingerprint density at radius 2 is 2.10 bits per heavy atom. The van der Waals surface area contributed by atoms with Gasteiger partial charge < -0.3 is 10.4 Å². The van der Waals surface area contributed by atoms with Crippen molar-refractivity contribution in [3.63, 3.8) is 0 Å². The van der Waals surface area contributed by atoms with Crippen LogP contribution in [0.4, 0.5) is 4.39 Å². The molecule has 21 heavy (non-hydrogen) atoms. The number of carbonyl (C=O) groups is 2. The molecule has 1 aromatic heterocycles. The number of benzene rings is 1. The summed E-state index contributed by atoms with van der Waals surface area (Å²) in [6.07, 6.45) is 3.65. The highest BCUT2D eigenvalue weighted by molar-refractivity contribution is 7.20. The summed E-state index contributed by atoms with van der Waals surface area (Å²) in [4.78, 5) is 23.5. The zero-order valence-corrected chi connectivity index (χ0v) is 11.7. The van der Waals surface area contributed by atoms with E-state index in [0.717, 1.165) is 4.70 Å². The predicted molar refractivity (Wildman–Crippen MR) is 77.9 cm³/mol. The number of carboxylic acids is 1. The number of rotatable bonds is 3. The molecule has 0 aliphatic heterocycles. The van der Waals surface area contributed by atoms with Gasteiger partial charge in [-0.2, -0.15) is 0 Å². The van der Waals surface area contributed by atoms with Gasteiger partial charge in [0.05, 0.1) is 10.8 Å². The van der Waals surface area contributed by atoms with Crippen LogP contribution in [-0.2, 0) is 4.79 Å². The van der Waals surface area contributed by atoms with Gasteiger partial charge in [-0.15, -0.1) is 11.3 Å². The Morgan fingerprint density at radius 3 is 2.81 bits per heavy atom. The van der Waals surface area contributed by atoms with E-state index in [9.17, 15) is 14.0 Å². The minimum absolute atomic E-state index is 0.266. The van der Waals surface area contributed by atoms with E-state index in [1.54, 1.807) is 24.3 Å². The average Bonchev–Trinajstić information content (AvgIpc) is 3.04. The molecule has 0 fully saturated rings. The van der Waals surface area contributed by atoms with Crippen LogP contribution < -0.4 is 5.32 Å². The molecule has 0 saturated carbocycles. The Hall–Kier alpha value is -2.21. The van der Waals surface area contributed by atoms with Crippen molar-refractivity contribution in [1.82, 2.24) is 5.32 Å². The largest absolute Gasteiger partial charge is 0.481 e. The van der Waals surface area contributed by atoms with E-state index in [-0.39, 0.29) is 17.8 Å². The highest BCUT2D eigenvalue weighted by Crippen LogP contribution is 2.27. The zero-order chi connectivity index (χ0) is 15.0. The molecule has 2 unspecified atom stereocenters. The van der Waals surface area contributed by atoms with Gasteiger partial charge in [0.15, 0.2) is 0 Å². The first-order valence-electron chi connectivity index (χ1n) is 6.44. The van der Waals surface area contributed by atoms with Crippen molar-refractivity contribution in [3.8, 4) is 0 Å². The third-order valence-electron chi connectivity index (χ3n) is 3.42. The fraction of sp³-hybridized carbons (Fsp3) is 0.200. The van der Waals surface area contributed by atoms with Crippen molar-refractivity contribution >= 4 is 33.3 Å². The number of halogens is 1. The van der Waals surface area contributed by atoms with Crippen LogP contribution >= 0.6 is 11.3 Å². The summed E-state index contributed by atoms with van der Waals surface area (Å²) in [7, 11) is 0. The SMILES string of the molecule is O=C(NC1C=CC(C(=O)O)C1)c1cc2cc(F)ccc2s1. The lowest BCUT2D eigenvalue weighted by molar-refractivity contribution is -0.140. The topological polar surface area (TPSA) is 66.4 Å². The van der Waals surface area contributed by atoms with Crippen molar-refractivity contribution in [2.45, 2.75) is 12.5 Å². The maximum absolute atomic E-state index is 13.1. The van der Waals surface area contributed by atoms with Gasteiger partial charge in [0.25, 0.3) is 5.91 Å². The number of carbonyl (C=O) groups excluding carboxylic acids is 1. The molecule has 2 N–H and O–H groups in total. The Kier molecular flexibility index (Phi) is 3.47. The third-order valence-corrected chi connectivity index (χ3v) is 4.53. The van der Waals surface area contributed by atoms with Crippen molar-refractivity contribution in [2.24, 2.45) is 5.92 Å². The first-order chi connectivity index (χ1) is 10.0. The molecule has 0 saturated heterocycles. The minimum atomic E-state index is -0.889. The smallest absolute Gasteiger partial charge is 0.310 e. The lowest BCUT2D eigenvalue weighted by Crippen LogP contribution is -2.32. The van der Waals surface area contributed by atoms with E-state index < -0.39 is 11.9 Å². The van der Waals surface area contributed by atoms with Gasteiger partial charge in [0.2, 0.25) is 0 Å². The number of aliphatic carboxylic acids is 1. The molecule has 1 amide bonds.